The molecule has 5 aromatic carbocycles. The molecule has 4 heteroatoms. The number of fused-ring (bicyclic) bond motifs is 2. The van der Waals surface area contributed by atoms with E-state index in [0.717, 1.165) is 34.0 Å². The lowest BCUT2D eigenvalue weighted by molar-refractivity contribution is 0.464. The molecule has 0 aliphatic carbocycles. The van der Waals surface area contributed by atoms with Gasteiger partial charge in [-0.25, -0.2) is 0 Å². The molecule has 198 valence electrons. The van der Waals surface area contributed by atoms with Crippen molar-refractivity contribution in [3.63, 3.8) is 0 Å². The van der Waals surface area contributed by atoms with Gasteiger partial charge in [0, 0.05) is 10.8 Å². The number of ether oxygens (including phenoxy) is 1. The molecule has 3 aliphatic heterocycles. The van der Waals surface area contributed by atoms with Crippen molar-refractivity contribution in [2.45, 2.75) is 38.5 Å². The van der Waals surface area contributed by atoms with Gasteiger partial charge in [0.05, 0.1) is 27.8 Å². The number of rotatable bonds is 1. The molecule has 1 aromatic heterocycles. The maximum atomic E-state index is 13.5. The van der Waals surface area contributed by atoms with E-state index in [1.54, 1.807) is 0 Å². The van der Waals surface area contributed by atoms with Crippen molar-refractivity contribution < 1.29 is 9.15 Å². The summed E-state index contributed by atoms with van der Waals surface area (Å²) in [6.45, 7) is 9.25. The first-order chi connectivity index (χ1) is 19.7. The summed E-state index contributed by atoms with van der Waals surface area (Å²) in [5, 5.41) is 1.17. The molecule has 0 saturated heterocycles. The van der Waals surface area contributed by atoms with Gasteiger partial charge in [-0.2, -0.15) is 0 Å². The second-order valence-corrected chi connectivity index (χ2v) is 12.6. The normalized spacial score (nSPS) is 16.4. The van der Waals surface area contributed by atoms with Crippen LogP contribution < -0.4 is 15.1 Å². The summed E-state index contributed by atoms with van der Waals surface area (Å²) in [6, 6.07) is 30.9. The van der Waals surface area contributed by atoms with Gasteiger partial charge >= 0.3 is 0 Å². The summed E-state index contributed by atoms with van der Waals surface area (Å²) in [4.78, 5) is 15.9. The van der Waals surface area contributed by atoms with Crippen molar-refractivity contribution >= 4 is 39.0 Å². The van der Waals surface area contributed by atoms with Crippen molar-refractivity contribution in [1.29, 1.82) is 0 Å². The van der Waals surface area contributed by atoms with Gasteiger partial charge in [-0.05, 0) is 75.8 Å². The van der Waals surface area contributed by atoms with Crippen LogP contribution in [0, 0.1) is 0 Å². The van der Waals surface area contributed by atoms with Crippen LogP contribution in [0.1, 0.15) is 49.9 Å². The Bertz CT molecular complexity index is 2220. The second-order valence-electron chi connectivity index (χ2n) is 12.6. The fraction of sp³-hybridized carbons (Fsp3) is 0.162. The lowest BCUT2D eigenvalue weighted by Gasteiger charge is -2.51. The molecule has 0 unspecified atom stereocenters. The smallest absolute Gasteiger partial charge is 0.200 e. The predicted octanol–water partition coefficient (Wildman–Crippen LogP) is 9.47. The monoisotopic (exact) mass is 533 g/mol. The Morgan fingerprint density at radius 1 is 0.561 bits per heavy atom. The van der Waals surface area contributed by atoms with Crippen LogP contribution in [0.5, 0.6) is 11.5 Å². The van der Waals surface area contributed by atoms with Crippen LogP contribution >= 0.6 is 0 Å². The van der Waals surface area contributed by atoms with Gasteiger partial charge < -0.3 is 14.1 Å². The van der Waals surface area contributed by atoms with Crippen molar-refractivity contribution in [2.75, 3.05) is 4.90 Å². The Kier molecular flexibility index (Phi) is 4.06. The maximum absolute atomic E-state index is 13.5. The van der Waals surface area contributed by atoms with Gasteiger partial charge in [0.25, 0.3) is 0 Å². The molecule has 4 heterocycles. The molecule has 0 atom stereocenters. The maximum Gasteiger partial charge on any atom is 0.200 e. The highest BCUT2D eigenvalue weighted by atomic mass is 16.5. The first kappa shape index (κ1) is 22.9. The van der Waals surface area contributed by atoms with E-state index in [4.69, 9.17) is 9.15 Å². The summed E-state index contributed by atoms with van der Waals surface area (Å²) >= 11 is 0. The minimum absolute atomic E-state index is 0.0153. The summed E-state index contributed by atoms with van der Waals surface area (Å²) < 4.78 is 12.8. The van der Waals surface area contributed by atoms with Crippen LogP contribution in [-0.4, -0.2) is 0 Å². The lowest BCUT2D eigenvalue weighted by atomic mass is 9.66. The Morgan fingerprint density at radius 2 is 1.22 bits per heavy atom. The molecule has 3 aliphatic rings. The molecule has 9 rings (SSSR count). The summed E-state index contributed by atoms with van der Waals surface area (Å²) in [5.74, 6) is 1.71. The van der Waals surface area contributed by atoms with Gasteiger partial charge in [0.15, 0.2) is 11.5 Å². The van der Waals surface area contributed by atoms with Crippen molar-refractivity contribution in [1.82, 2.24) is 0 Å². The molecule has 41 heavy (non-hydrogen) atoms. The van der Waals surface area contributed by atoms with Crippen LogP contribution in [0.4, 0.5) is 17.1 Å². The number of anilines is 3. The minimum Gasteiger partial charge on any atom is -0.456 e. The fourth-order valence-corrected chi connectivity index (χ4v) is 7.42. The number of benzene rings is 5. The molecule has 6 aromatic rings. The van der Waals surface area contributed by atoms with E-state index in [0.29, 0.717) is 21.9 Å². The van der Waals surface area contributed by atoms with E-state index in [9.17, 15) is 4.79 Å². The molecular formula is C37H27NO3. The molecule has 0 radical (unpaired) electrons. The topological polar surface area (TPSA) is 42.7 Å². The Balaban J connectivity index is 1.33. The molecule has 4 nitrogen and oxygen atoms in total. The third-order valence-corrected chi connectivity index (χ3v) is 9.60. The van der Waals surface area contributed by atoms with Crippen LogP contribution in [-0.2, 0) is 10.8 Å². The first-order valence-corrected chi connectivity index (χ1v) is 14.1. The molecule has 0 amide bonds. The molecule has 0 bridgehead atoms. The van der Waals surface area contributed by atoms with E-state index < -0.39 is 0 Å². The molecule has 0 fully saturated rings. The first-order valence-electron chi connectivity index (χ1n) is 14.1. The summed E-state index contributed by atoms with van der Waals surface area (Å²) in [6.07, 6.45) is 0. The standard InChI is InChI=1S/C37H27NO3/c1-36(2)24-10-7-11-25-32(24)38-33-26(36)12-8-14-30(33)41-31-19-21(18-27(34(31)38)37(25,3)4)20-15-16-29-23(17-20)35(39)22-9-5-6-13-28(22)40-29/h5-19H,1-4H3. The van der Waals surface area contributed by atoms with E-state index in [-0.39, 0.29) is 16.3 Å². The zero-order valence-electron chi connectivity index (χ0n) is 23.3. The zero-order chi connectivity index (χ0) is 27.8. The summed E-state index contributed by atoms with van der Waals surface area (Å²) in [5.41, 5.74) is 11.4. The summed E-state index contributed by atoms with van der Waals surface area (Å²) in [7, 11) is 0. The molecular weight excluding hydrogens is 506 g/mol. The van der Waals surface area contributed by atoms with Gasteiger partial charge in [0.1, 0.15) is 11.2 Å². The van der Waals surface area contributed by atoms with Gasteiger partial charge in [-0.15, -0.1) is 0 Å². The number of hydrogen-bond acceptors (Lipinski definition) is 4. The highest BCUT2D eigenvalue weighted by Crippen LogP contribution is 2.66. The highest BCUT2D eigenvalue weighted by molar-refractivity contribution is 6.00. The quantitative estimate of drug-likeness (QED) is 0.197. The third-order valence-electron chi connectivity index (χ3n) is 9.60. The van der Waals surface area contributed by atoms with Gasteiger partial charge in [0.2, 0.25) is 5.43 Å². The van der Waals surface area contributed by atoms with Crippen LogP contribution in [0.25, 0.3) is 33.1 Å². The average molecular weight is 534 g/mol. The van der Waals surface area contributed by atoms with E-state index in [1.165, 1.54) is 27.9 Å². The molecule has 0 saturated carbocycles. The highest BCUT2D eigenvalue weighted by Gasteiger charge is 2.49. The van der Waals surface area contributed by atoms with E-state index in [2.05, 4.69) is 81.1 Å². The SMILES string of the molecule is CC1(C)c2cccc3c2N2c4c(cc(-c5ccc6oc7ccccc7c(=O)c6c5)cc4C(C)(C)c4cccc1c42)O3. The Morgan fingerprint density at radius 3 is 2.02 bits per heavy atom. The Hall–Kier alpha value is -4.83. The number of hydrogen-bond donors (Lipinski definition) is 0. The third kappa shape index (κ3) is 2.72. The number of nitrogens with zero attached hydrogens (tertiary/aromatic N) is 1. The average Bonchev–Trinajstić information content (AvgIpc) is 2.97. The van der Waals surface area contributed by atoms with Crippen molar-refractivity contribution in [3.8, 4) is 22.6 Å². The van der Waals surface area contributed by atoms with Crippen molar-refractivity contribution in [3.05, 3.63) is 123 Å². The molecule has 0 N–H and O–H groups in total. The van der Waals surface area contributed by atoms with E-state index >= 15 is 0 Å². The van der Waals surface area contributed by atoms with Crippen LogP contribution in [0.2, 0.25) is 0 Å². The molecule has 0 spiro atoms. The largest absolute Gasteiger partial charge is 0.456 e. The van der Waals surface area contributed by atoms with Crippen LogP contribution in [0.3, 0.4) is 0 Å². The second kappa shape index (κ2) is 7.27. The van der Waals surface area contributed by atoms with Gasteiger partial charge in [-0.1, -0.05) is 76.2 Å². The van der Waals surface area contributed by atoms with Crippen LogP contribution in [0.15, 0.2) is 100 Å². The zero-order valence-corrected chi connectivity index (χ0v) is 23.3. The minimum atomic E-state index is -0.267. The fourth-order valence-electron chi connectivity index (χ4n) is 7.42. The number of para-hydroxylation sites is 3. The van der Waals surface area contributed by atoms with E-state index in [1.807, 2.05) is 42.5 Å². The Labute approximate surface area is 237 Å². The van der Waals surface area contributed by atoms with Crippen molar-refractivity contribution in [2.24, 2.45) is 0 Å². The van der Waals surface area contributed by atoms with Gasteiger partial charge in [-0.3, -0.25) is 4.79 Å². The lowest BCUT2D eigenvalue weighted by Crippen LogP contribution is -2.39. The predicted molar refractivity (Wildman–Crippen MR) is 164 cm³/mol.